The lowest BCUT2D eigenvalue weighted by Crippen LogP contribution is -2.34. The van der Waals surface area contributed by atoms with E-state index >= 15 is 0 Å². The van der Waals surface area contributed by atoms with Crippen molar-refractivity contribution in [1.29, 1.82) is 0 Å². The zero-order valence-electron chi connectivity index (χ0n) is 12.8. The highest BCUT2D eigenvalue weighted by Gasteiger charge is 2.50. The van der Waals surface area contributed by atoms with Crippen molar-refractivity contribution in [2.45, 2.75) is 51.9 Å². The smallest absolute Gasteiger partial charge is 0.241 e. The van der Waals surface area contributed by atoms with Crippen LogP contribution in [0.4, 0.5) is 4.39 Å². The maximum Gasteiger partial charge on any atom is 0.241 e. The molecule has 3 nitrogen and oxygen atoms in total. The van der Waals surface area contributed by atoms with Crippen molar-refractivity contribution in [1.82, 2.24) is 10.2 Å². The molecule has 1 aliphatic heterocycles. The molecule has 1 heterocycles. The highest BCUT2D eigenvalue weighted by Crippen LogP contribution is 2.42. The molecule has 0 bridgehead atoms. The van der Waals surface area contributed by atoms with Crippen LogP contribution in [0.1, 0.15) is 45.3 Å². The summed E-state index contributed by atoms with van der Waals surface area (Å²) in [5.74, 6) is 0.838. The number of carbonyl (C=O) groups excluding carboxylic acids is 1. The zero-order valence-corrected chi connectivity index (χ0v) is 12.8. The maximum absolute atomic E-state index is 14.1. The predicted molar refractivity (Wildman–Crippen MR) is 79.9 cm³/mol. The molecular weight excluding hydrogens is 267 g/mol. The Hall–Kier alpha value is -1.42. The fourth-order valence-corrected chi connectivity index (χ4v) is 3.27. The number of nitrogens with zero attached hydrogens (tertiary/aromatic N) is 1. The van der Waals surface area contributed by atoms with Gasteiger partial charge in [0, 0.05) is 11.6 Å². The molecule has 1 saturated carbocycles. The van der Waals surface area contributed by atoms with Crippen molar-refractivity contribution in [2.24, 2.45) is 11.8 Å². The van der Waals surface area contributed by atoms with Crippen LogP contribution in [0.5, 0.6) is 0 Å². The molecular formula is C17H23FN2O. The number of carbonyl (C=O) groups is 1. The minimum absolute atomic E-state index is 0.131. The van der Waals surface area contributed by atoms with Gasteiger partial charge < -0.3 is 4.90 Å². The van der Waals surface area contributed by atoms with Crippen molar-refractivity contribution < 1.29 is 9.18 Å². The first-order valence-electron chi connectivity index (χ1n) is 7.81. The van der Waals surface area contributed by atoms with E-state index in [0.29, 0.717) is 17.4 Å². The summed E-state index contributed by atoms with van der Waals surface area (Å²) in [7, 11) is 0. The molecule has 3 rings (SSSR count). The third-order valence-electron chi connectivity index (χ3n) is 4.52. The van der Waals surface area contributed by atoms with Gasteiger partial charge in [-0.05, 0) is 30.7 Å². The van der Waals surface area contributed by atoms with Crippen LogP contribution < -0.4 is 5.32 Å². The second kappa shape index (κ2) is 5.41. The molecule has 0 radical (unpaired) electrons. The molecule has 4 unspecified atom stereocenters. The Bertz CT molecular complexity index is 545. The van der Waals surface area contributed by atoms with Crippen molar-refractivity contribution in [3.05, 3.63) is 35.6 Å². The van der Waals surface area contributed by atoms with Gasteiger partial charge in [-0.25, -0.2) is 4.39 Å². The Kier molecular flexibility index (Phi) is 3.74. The van der Waals surface area contributed by atoms with E-state index in [9.17, 15) is 9.18 Å². The average molecular weight is 290 g/mol. The summed E-state index contributed by atoms with van der Waals surface area (Å²) in [6.45, 7) is 6.36. The standard InChI is InChI=1S/C17H23FN2O/c1-10(2)8-14-17(21)20(15-9-11(15)3)16(19-14)12-6-4-5-7-13(12)18/h4-7,10-11,14-16,19H,8-9H2,1-3H3. The minimum Gasteiger partial charge on any atom is -0.318 e. The lowest BCUT2D eigenvalue weighted by molar-refractivity contribution is -0.131. The zero-order chi connectivity index (χ0) is 15.1. The number of rotatable bonds is 4. The molecule has 4 heteroatoms. The molecule has 1 saturated heterocycles. The molecule has 1 aromatic rings. The Morgan fingerprint density at radius 2 is 2.05 bits per heavy atom. The molecule has 1 aromatic carbocycles. The first kappa shape index (κ1) is 14.5. The van der Waals surface area contributed by atoms with E-state index in [1.54, 1.807) is 12.1 Å². The van der Waals surface area contributed by atoms with Gasteiger partial charge in [0.15, 0.2) is 0 Å². The molecule has 4 atom stereocenters. The molecule has 21 heavy (non-hydrogen) atoms. The Balaban J connectivity index is 1.90. The Morgan fingerprint density at radius 3 is 2.62 bits per heavy atom. The van der Waals surface area contributed by atoms with Crippen LogP contribution in [0.2, 0.25) is 0 Å². The number of nitrogens with one attached hydrogen (secondary N) is 1. The van der Waals surface area contributed by atoms with E-state index in [0.717, 1.165) is 12.8 Å². The van der Waals surface area contributed by atoms with Gasteiger partial charge in [-0.2, -0.15) is 0 Å². The van der Waals surface area contributed by atoms with Crippen molar-refractivity contribution in [3.8, 4) is 0 Å². The molecule has 2 aliphatic rings. The van der Waals surface area contributed by atoms with Gasteiger partial charge in [0.1, 0.15) is 12.0 Å². The summed E-state index contributed by atoms with van der Waals surface area (Å²) in [6, 6.07) is 6.82. The summed E-state index contributed by atoms with van der Waals surface area (Å²) in [6.07, 6.45) is 1.49. The molecule has 1 N–H and O–H groups in total. The van der Waals surface area contributed by atoms with Crippen LogP contribution in [0.3, 0.4) is 0 Å². The highest BCUT2D eigenvalue weighted by atomic mass is 19.1. The van der Waals surface area contributed by atoms with Crippen LogP contribution in [0, 0.1) is 17.7 Å². The second-order valence-electron chi connectivity index (χ2n) is 6.80. The molecule has 1 aliphatic carbocycles. The van der Waals surface area contributed by atoms with Crippen LogP contribution in [0.15, 0.2) is 24.3 Å². The van der Waals surface area contributed by atoms with Gasteiger partial charge in [-0.1, -0.05) is 39.0 Å². The number of amides is 1. The van der Waals surface area contributed by atoms with Crippen LogP contribution in [-0.2, 0) is 4.79 Å². The maximum atomic E-state index is 14.1. The van der Waals surface area contributed by atoms with E-state index in [2.05, 4.69) is 26.1 Å². The Labute approximate surface area is 125 Å². The van der Waals surface area contributed by atoms with Gasteiger partial charge in [0.05, 0.1) is 6.04 Å². The number of benzene rings is 1. The van der Waals surface area contributed by atoms with Gasteiger partial charge in [0.25, 0.3) is 0 Å². The average Bonchev–Trinajstić information content (AvgIpc) is 3.05. The molecule has 1 amide bonds. The fraction of sp³-hybridized carbons (Fsp3) is 0.588. The molecule has 0 aromatic heterocycles. The van der Waals surface area contributed by atoms with E-state index in [1.165, 1.54) is 6.07 Å². The van der Waals surface area contributed by atoms with Crippen LogP contribution in [-0.4, -0.2) is 22.9 Å². The number of halogens is 1. The SMILES string of the molecule is CC(C)CC1NC(c2ccccc2F)N(C2CC2C)C1=O. The normalized spacial score (nSPS) is 32.0. The minimum atomic E-state index is -0.322. The van der Waals surface area contributed by atoms with Gasteiger partial charge in [0.2, 0.25) is 5.91 Å². The summed E-state index contributed by atoms with van der Waals surface area (Å²) in [5, 5.41) is 3.36. The molecule has 2 fully saturated rings. The first-order valence-corrected chi connectivity index (χ1v) is 7.81. The molecule has 0 spiro atoms. The fourth-order valence-electron chi connectivity index (χ4n) is 3.27. The van der Waals surface area contributed by atoms with E-state index in [1.807, 2.05) is 11.0 Å². The van der Waals surface area contributed by atoms with Gasteiger partial charge in [-0.15, -0.1) is 0 Å². The quantitative estimate of drug-likeness (QED) is 0.924. The summed E-state index contributed by atoms with van der Waals surface area (Å²) < 4.78 is 14.1. The topological polar surface area (TPSA) is 32.3 Å². The van der Waals surface area contributed by atoms with E-state index in [4.69, 9.17) is 0 Å². The van der Waals surface area contributed by atoms with E-state index < -0.39 is 0 Å². The Morgan fingerprint density at radius 1 is 1.38 bits per heavy atom. The summed E-state index contributed by atoms with van der Waals surface area (Å²) in [4.78, 5) is 14.6. The van der Waals surface area contributed by atoms with Crippen LogP contribution >= 0.6 is 0 Å². The molecule has 114 valence electrons. The van der Waals surface area contributed by atoms with Crippen LogP contribution in [0.25, 0.3) is 0 Å². The third kappa shape index (κ3) is 2.69. The predicted octanol–water partition coefficient (Wildman–Crippen LogP) is 3.08. The van der Waals surface area contributed by atoms with Crippen molar-refractivity contribution >= 4 is 5.91 Å². The largest absolute Gasteiger partial charge is 0.318 e. The number of hydrogen-bond donors (Lipinski definition) is 1. The summed E-state index contributed by atoms with van der Waals surface area (Å²) in [5.41, 5.74) is 0.580. The van der Waals surface area contributed by atoms with Crippen molar-refractivity contribution in [2.75, 3.05) is 0 Å². The lowest BCUT2D eigenvalue weighted by atomic mass is 10.0. The van der Waals surface area contributed by atoms with Gasteiger partial charge in [-0.3, -0.25) is 10.1 Å². The first-order chi connectivity index (χ1) is 9.99. The third-order valence-corrected chi connectivity index (χ3v) is 4.52. The second-order valence-corrected chi connectivity index (χ2v) is 6.80. The lowest BCUT2D eigenvalue weighted by Gasteiger charge is -2.25. The van der Waals surface area contributed by atoms with Gasteiger partial charge >= 0.3 is 0 Å². The summed E-state index contributed by atoms with van der Waals surface area (Å²) >= 11 is 0. The number of hydrogen-bond acceptors (Lipinski definition) is 2. The van der Waals surface area contributed by atoms with E-state index in [-0.39, 0.29) is 30.0 Å². The monoisotopic (exact) mass is 290 g/mol. The highest BCUT2D eigenvalue weighted by molar-refractivity contribution is 5.85. The van der Waals surface area contributed by atoms with Crippen molar-refractivity contribution in [3.63, 3.8) is 0 Å².